The number of hydrogen-bond donors (Lipinski definition) is 5. The highest BCUT2D eigenvalue weighted by Gasteiger charge is 2.43. The normalized spacial score (nSPS) is 20.8. The number of carbonyl (C=O) groups excluding carboxylic acids is 5. The van der Waals surface area contributed by atoms with Crippen molar-refractivity contribution in [1.82, 2.24) is 26.6 Å². The summed E-state index contributed by atoms with van der Waals surface area (Å²) in [5.41, 5.74) is -1.10. The van der Waals surface area contributed by atoms with Gasteiger partial charge in [-0.15, -0.1) is 0 Å². The summed E-state index contributed by atoms with van der Waals surface area (Å²) in [5.74, 6) is -1.36. The molecule has 2 aliphatic rings. The van der Waals surface area contributed by atoms with Gasteiger partial charge in [0.25, 0.3) is 5.91 Å². The lowest BCUT2D eigenvalue weighted by Crippen LogP contribution is -2.64. The molecular formula is C34H45N5O8. The minimum absolute atomic E-state index is 0.0525. The molecule has 13 heteroatoms. The Bertz CT molecular complexity index is 1410. The molecule has 2 atom stereocenters. The highest BCUT2D eigenvalue weighted by Crippen LogP contribution is 2.29. The first kappa shape index (κ1) is 35.1. The van der Waals surface area contributed by atoms with Gasteiger partial charge in [0.2, 0.25) is 23.6 Å². The van der Waals surface area contributed by atoms with Crippen LogP contribution in [0.15, 0.2) is 48.5 Å². The third kappa shape index (κ3) is 9.60. The highest BCUT2D eigenvalue weighted by molar-refractivity contribution is 6.01. The third-order valence-electron chi connectivity index (χ3n) is 8.29. The van der Waals surface area contributed by atoms with Gasteiger partial charge in [-0.25, -0.2) is 0 Å². The number of rotatable bonds is 7. The van der Waals surface area contributed by atoms with E-state index in [4.69, 9.17) is 14.2 Å². The Hall–Kier alpha value is -4.81. The summed E-state index contributed by atoms with van der Waals surface area (Å²) < 4.78 is 16.7. The zero-order valence-corrected chi connectivity index (χ0v) is 27.2. The van der Waals surface area contributed by atoms with Crippen molar-refractivity contribution < 1.29 is 38.2 Å². The highest BCUT2D eigenvalue weighted by atomic mass is 16.5. The molecule has 1 fully saturated rings. The van der Waals surface area contributed by atoms with Gasteiger partial charge in [0.15, 0.2) is 0 Å². The number of para-hydroxylation sites is 1. The molecule has 254 valence electrons. The Balaban J connectivity index is 1.55. The molecule has 0 radical (unpaired) electrons. The van der Waals surface area contributed by atoms with Gasteiger partial charge in [0, 0.05) is 0 Å². The number of nitrogens with one attached hydrogen (secondary N) is 5. The monoisotopic (exact) mass is 651 g/mol. The predicted octanol–water partition coefficient (Wildman–Crippen LogP) is 1.85. The molecule has 4 rings (SSSR count). The summed E-state index contributed by atoms with van der Waals surface area (Å²) in [4.78, 5) is 67.4. The van der Waals surface area contributed by atoms with Crippen LogP contribution in [-0.2, 0) is 19.2 Å². The van der Waals surface area contributed by atoms with Gasteiger partial charge in [0.1, 0.15) is 48.1 Å². The fourth-order valence-corrected chi connectivity index (χ4v) is 5.69. The molecule has 2 aromatic rings. The molecule has 47 heavy (non-hydrogen) atoms. The number of amides is 5. The smallest absolute Gasteiger partial charge is 0.255 e. The summed E-state index contributed by atoms with van der Waals surface area (Å²) >= 11 is 0. The lowest BCUT2D eigenvalue weighted by atomic mass is 9.80. The molecule has 0 unspecified atom stereocenters. The molecular weight excluding hydrogens is 606 g/mol. The van der Waals surface area contributed by atoms with Gasteiger partial charge in [0.05, 0.1) is 32.2 Å². The molecule has 0 aromatic heterocycles. The summed E-state index contributed by atoms with van der Waals surface area (Å²) in [6.45, 7) is 4.07. The zero-order chi connectivity index (χ0) is 33.8. The largest absolute Gasteiger partial charge is 0.497 e. The SMILES string of the molecule is COc1ccc(OCCNC(=O)[C@@H]2CC(=O)NC3(CCCCC3)C(=O)N[C@H](C(C)C)C(=O)NCCOc3ccccc3C(=O)N2)cc1. The van der Waals surface area contributed by atoms with Crippen molar-refractivity contribution in [1.29, 1.82) is 0 Å². The number of methoxy groups -OCH3 is 1. The van der Waals surface area contributed by atoms with Crippen molar-refractivity contribution in [3.8, 4) is 17.2 Å². The van der Waals surface area contributed by atoms with E-state index in [2.05, 4.69) is 26.6 Å². The second kappa shape index (κ2) is 16.7. The Morgan fingerprint density at radius 3 is 2.38 bits per heavy atom. The van der Waals surface area contributed by atoms with Crippen molar-refractivity contribution in [2.45, 2.75) is 70.0 Å². The van der Waals surface area contributed by atoms with Gasteiger partial charge in [-0.1, -0.05) is 45.2 Å². The summed E-state index contributed by atoms with van der Waals surface area (Å²) in [6.07, 6.45) is 2.64. The van der Waals surface area contributed by atoms with Crippen LogP contribution in [0.4, 0.5) is 0 Å². The van der Waals surface area contributed by atoms with E-state index in [1.54, 1.807) is 55.6 Å². The van der Waals surface area contributed by atoms with E-state index in [0.29, 0.717) is 37.2 Å². The first-order chi connectivity index (χ1) is 22.6. The maximum atomic E-state index is 13.8. The van der Waals surface area contributed by atoms with E-state index in [0.717, 1.165) is 6.42 Å². The number of ether oxygens (including phenoxy) is 3. The second-order valence-corrected chi connectivity index (χ2v) is 12.1. The molecule has 0 bridgehead atoms. The summed E-state index contributed by atoms with van der Waals surface area (Å²) in [7, 11) is 1.57. The molecule has 1 saturated carbocycles. The number of hydrogen-bond acceptors (Lipinski definition) is 8. The average molecular weight is 652 g/mol. The fraction of sp³-hybridized carbons (Fsp3) is 0.500. The maximum Gasteiger partial charge on any atom is 0.255 e. The van der Waals surface area contributed by atoms with E-state index >= 15 is 0 Å². The average Bonchev–Trinajstić information content (AvgIpc) is 3.07. The molecule has 5 amide bonds. The Morgan fingerprint density at radius 2 is 1.68 bits per heavy atom. The van der Waals surface area contributed by atoms with Gasteiger partial charge in [-0.05, 0) is 55.2 Å². The second-order valence-electron chi connectivity index (χ2n) is 12.1. The van der Waals surface area contributed by atoms with Crippen molar-refractivity contribution in [2.75, 3.05) is 33.4 Å². The lowest BCUT2D eigenvalue weighted by Gasteiger charge is -2.38. The van der Waals surface area contributed by atoms with Gasteiger partial charge < -0.3 is 40.8 Å². The van der Waals surface area contributed by atoms with Crippen LogP contribution in [0.3, 0.4) is 0 Å². The maximum absolute atomic E-state index is 13.8. The lowest BCUT2D eigenvalue weighted by molar-refractivity contribution is -0.138. The minimum atomic E-state index is -1.28. The van der Waals surface area contributed by atoms with Gasteiger partial charge >= 0.3 is 0 Å². The van der Waals surface area contributed by atoms with Crippen LogP contribution in [0.25, 0.3) is 0 Å². The Labute approximate surface area is 274 Å². The summed E-state index contributed by atoms with van der Waals surface area (Å²) in [5, 5.41) is 14.0. The van der Waals surface area contributed by atoms with Crippen LogP contribution in [0.2, 0.25) is 0 Å². The van der Waals surface area contributed by atoms with Crippen molar-refractivity contribution in [3.05, 3.63) is 54.1 Å². The van der Waals surface area contributed by atoms with Crippen LogP contribution in [0, 0.1) is 5.92 Å². The molecule has 1 aliphatic carbocycles. The zero-order valence-electron chi connectivity index (χ0n) is 27.2. The fourth-order valence-electron chi connectivity index (χ4n) is 5.69. The van der Waals surface area contributed by atoms with E-state index in [9.17, 15) is 24.0 Å². The molecule has 1 heterocycles. The molecule has 0 saturated heterocycles. The van der Waals surface area contributed by atoms with E-state index in [-0.39, 0.29) is 49.4 Å². The first-order valence-electron chi connectivity index (χ1n) is 16.1. The van der Waals surface area contributed by atoms with Crippen LogP contribution >= 0.6 is 0 Å². The topological polar surface area (TPSA) is 173 Å². The van der Waals surface area contributed by atoms with Crippen LogP contribution in [0.1, 0.15) is 62.7 Å². The standard InChI is InChI=1S/C34H45N5O8/c1-22(2)29-32(43)36-18-20-47-27-10-6-5-9-25(27)30(41)37-26(21-28(40)39-34(33(44)38-29)15-7-4-8-16-34)31(42)35-17-19-46-24-13-11-23(45-3)12-14-24/h5-6,9-14,22,26,29H,4,7-8,15-21H2,1-3H3,(H,35,42)(H,36,43)(H,37,41)(H,38,44)(H,39,40)/t26-,29+/m0/s1. The Morgan fingerprint density at radius 1 is 0.979 bits per heavy atom. The number of benzene rings is 2. The van der Waals surface area contributed by atoms with Crippen molar-refractivity contribution >= 4 is 29.5 Å². The Kier molecular flexibility index (Phi) is 12.4. The van der Waals surface area contributed by atoms with Crippen LogP contribution in [-0.4, -0.2) is 80.6 Å². The van der Waals surface area contributed by atoms with E-state index < -0.39 is 47.7 Å². The molecule has 2 aromatic carbocycles. The van der Waals surface area contributed by atoms with Crippen LogP contribution in [0.5, 0.6) is 17.2 Å². The van der Waals surface area contributed by atoms with Crippen molar-refractivity contribution in [3.63, 3.8) is 0 Å². The first-order valence-corrected chi connectivity index (χ1v) is 16.1. The predicted molar refractivity (Wildman–Crippen MR) is 173 cm³/mol. The number of fused-ring (bicyclic) bond motifs is 1. The molecule has 1 aliphatic heterocycles. The van der Waals surface area contributed by atoms with Crippen LogP contribution < -0.4 is 40.8 Å². The molecule has 13 nitrogen and oxygen atoms in total. The summed E-state index contributed by atoms with van der Waals surface area (Å²) in [6, 6.07) is 11.4. The van der Waals surface area contributed by atoms with Crippen molar-refractivity contribution in [2.24, 2.45) is 5.92 Å². The molecule has 1 spiro atoms. The third-order valence-corrected chi connectivity index (χ3v) is 8.29. The van der Waals surface area contributed by atoms with E-state index in [1.807, 2.05) is 13.8 Å². The van der Waals surface area contributed by atoms with Gasteiger partial charge in [-0.3, -0.25) is 24.0 Å². The van der Waals surface area contributed by atoms with Gasteiger partial charge in [-0.2, -0.15) is 0 Å². The number of carbonyl (C=O) groups is 5. The van der Waals surface area contributed by atoms with E-state index in [1.165, 1.54) is 0 Å². The molecule has 5 N–H and O–H groups in total. The quantitative estimate of drug-likeness (QED) is 0.282. The minimum Gasteiger partial charge on any atom is -0.497 e.